The Morgan fingerprint density at radius 1 is 0.972 bits per heavy atom. The molecule has 2 aliphatic rings. The van der Waals surface area contributed by atoms with E-state index < -0.39 is 10.0 Å². The summed E-state index contributed by atoms with van der Waals surface area (Å²) in [6, 6.07) is 16.8. The fraction of sp³-hybridized carbons (Fsp3) is 0.481. The van der Waals surface area contributed by atoms with Crippen molar-refractivity contribution in [1.82, 2.24) is 9.62 Å². The fourth-order valence-corrected chi connectivity index (χ4v) is 6.30. The van der Waals surface area contributed by atoms with Crippen LogP contribution in [-0.4, -0.2) is 62.6 Å². The van der Waals surface area contributed by atoms with Crippen LogP contribution in [-0.2, 0) is 26.0 Å². The predicted octanol–water partition coefficient (Wildman–Crippen LogP) is 3.21. The van der Waals surface area contributed by atoms with Gasteiger partial charge in [0.1, 0.15) is 0 Å². The molecule has 0 radical (unpaired) electrons. The van der Waals surface area contributed by atoms with Crippen LogP contribution in [0.1, 0.15) is 48.0 Å². The molecule has 36 heavy (non-hydrogen) atoms. The number of carbonyl (C=O) groups excluding carboxylic acids is 2. The van der Waals surface area contributed by atoms with Crippen LogP contribution in [0.25, 0.3) is 0 Å². The highest BCUT2D eigenvalue weighted by molar-refractivity contribution is 7.89. The maximum Gasteiger partial charge on any atom is 0.253 e. The second-order valence-electron chi connectivity index (χ2n) is 9.46. The van der Waals surface area contributed by atoms with Crippen molar-refractivity contribution in [3.8, 4) is 0 Å². The number of ether oxygens (including phenoxy) is 1. The Balaban J connectivity index is 1.25. The molecule has 2 fully saturated rings. The molecular weight excluding hydrogens is 478 g/mol. The first-order chi connectivity index (χ1) is 17.4. The SMILES string of the molecule is O=C(NC[C@@H]1CCCO1)c1ccccc1NC(=O)C1CCN(S(=O)(=O)CCCc2ccccc2)CC1. The van der Waals surface area contributed by atoms with Gasteiger partial charge in [-0.2, -0.15) is 0 Å². The summed E-state index contributed by atoms with van der Waals surface area (Å²) in [5.41, 5.74) is 1.99. The maximum absolute atomic E-state index is 13.0. The first kappa shape index (κ1) is 26.3. The Labute approximate surface area is 213 Å². The van der Waals surface area contributed by atoms with Crippen LogP contribution in [0.15, 0.2) is 54.6 Å². The van der Waals surface area contributed by atoms with Gasteiger partial charge >= 0.3 is 0 Å². The van der Waals surface area contributed by atoms with Crippen molar-refractivity contribution in [1.29, 1.82) is 0 Å². The van der Waals surface area contributed by atoms with E-state index in [1.807, 2.05) is 30.3 Å². The Morgan fingerprint density at radius 3 is 2.42 bits per heavy atom. The van der Waals surface area contributed by atoms with Crippen molar-refractivity contribution in [2.24, 2.45) is 5.92 Å². The van der Waals surface area contributed by atoms with E-state index in [-0.39, 0.29) is 29.6 Å². The molecule has 0 saturated carbocycles. The highest BCUT2D eigenvalue weighted by Gasteiger charge is 2.31. The lowest BCUT2D eigenvalue weighted by Gasteiger charge is -2.30. The summed E-state index contributed by atoms with van der Waals surface area (Å²) in [7, 11) is -3.35. The molecular formula is C27H35N3O5S. The quantitative estimate of drug-likeness (QED) is 0.508. The number of para-hydroxylation sites is 1. The van der Waals surface area contributed by atoms with Crippen molar-refractivity contribution in [2.75, 3.05) is 37.3 Å². The molecule has 194 valence electrons. The van der Waals surface area contributed by atoms with Crippen LogP contribution < -0.4 is 10.6 Å². The van der Waals surface area contributed by atoms with Gasteiger partial charge in [0, 0.05) is 32.2 Å². The molecule has 2 heterocycles. The van der Waals surface area contributed by atoms with E-state index in [9.17, 15) is 18.0 Å². The van der Waals surface area contributed by atoms with E-state index >= 15 is 0 Å². The number of nitrogens with one attached hydrogen (secondary N) is 2. The number of aryl methyl sites for hydroxylation is 1. The number of amides is 2. The van der Waals surface area contributed by atoms with Gasteiger partial charge in [-0.3, -0.25) is 9.59 Å². The Hall–Kier alpha value is -2.75. The van der Waals surface area contributed by atoms with Crippen LogP contribution in [0.4, 0.5) is 5.69 Å². The summed E-state index contributed by atoms with van der Waals surface area (Å²) >= 11 is 0. The second-order valence-corrected chi connectivity index (χ2v) is 11.5. The number of nitrogens with zero attached hydrogens (tertiary/aromatic N) is 1. The molecule has 4 rings (SSSR count). The molecule has 2 amide bonds. The van der Waals surface area contributed by atoms with Gasteiger partial charge in [-0.1, -0.05) is 42.5 Å². The number of carbonyl (C=O) groups is 2. The molecule has 2 aromatic carbocycles. The monoisotopic (exact) mass is 513 g/mol. The molecule has 0 bridgehead atoms. The summed E-state index contributed by atoms with van der Waals surface area (Å²) in [6.07, 6.45) is 4.17. The molecule has 2 aliphatic heterocycles. The van der Waals surface area contributed by atoms with Gasteiger partial charge in [0.15, 0.2) is 0 Å². The average Bonchev–Trinajstić information content (AvgIpc) is 3.42. The molecule has 8 nitrogen and oxygen atoms in total. The minimum absolute atomic E-state index is 0.0375. The maximum atomic E-state index is 13.0. The van der Waals surface area contributed by atoms with E-state index in [1.54, 1.807) is 24.3 Å². The van der Waals surface area contributed by atoms with Crippen molar-refractivity contribution in [2.45, 2.75) is 44.6 Å². The largest absolute Gasteiger partial charge is 0.376 e. The van der Waals surface area contributed by atoms with E-state index in [4.69, 9.17) is 4.74 Å². The van der Waals surface area contributed by atoms with E-state index in [0.29, 0.717) is 50.1 Å². The van der Waals surface area contributed by atoms with Gasteiger partial charge in [0.25, 0.3) is 5.91 Å². The number of hydrogen-bond acceptors (Lipinski definition) is 5. The number of hydrogen-bond donors (Lipinski definition) is 2. The third-order valence-corrected chi connectivity index (χ3v) is 8.83. The molecule has 0 spiro atoms. The van der Waals surface area contributed by atoms with Crippen LogP contribution in [0.3, 0.4) is 0 Å². The zero-order valence-corrected chi connectivity index (χ0v) is 21.3. The number of benzene rings is 2. The average molecular weight is 514 g/mol. The Kier molecular flexibility index (Phi) is 9.12. The summed E-state index contributed by atoms with van der Waals surface area (Å²) in [6.45, 7) is 1.82. The van der Waals surface area contributed by atoms with Gasteiger partial charge in [-0.25, -0.2) is 12.7 Å². The van der Waals surface area contributed by atoms with Gasteiger partial charge in [-0.15, -0.1) is 0 Å². The lowest BCUT2D eigenvalue weighted by Crippen LogP contribution is -2.42. The molecule has 2 saturated heterocycles. The van der Waals surface area contributed by atoms with Crippen LogP contribution in [0.2, 0.25) is 0 Å². The lowest BCUT2D eigenvalue weighted by atomic mass is 9.97. The van der Waals surface area contributed by atoms with Crippen molar-refractivity contribution in [3.63, 3.8) is 0 Å². The van der Waals surface area contributed by atoms with Crippen LogP contribution in [0, 0.1) is 5.92 Å². The topological polar surface area (TPSA) is 105 Å². The van der Waals surface area contributed by atoms with Gasteiger partial charge in [0.05, 0.1) is 23.1 Å². The van der Waals surface area contributed by atoms with E-state index in [2.05, 4.69) is 10.6 Å². The van der Waals surface area contributed by atoms with E-state index in [1.165, 1.54) is 4.31 Å². The van der Waals surface area contributed by atoms with Crippen LogP contribution in [0.5, 0.6) is 0 Å². The molecule has 2 aromatic rings. The minimum atomic E-state index is -3.35. The number of anilines is 1. The molecule has 2 N–H and O–H groups in total. The van der Waals surface area contributed by atoms with Crippen molar-refractivity contribution in [3.05, 3.63) is 65.7 Å². The van der Waals surface area contributed by atoms with Gasteiger partial charge < -0.3 is 15.4 Å². The zero-order chi connectivity index (χ0) is 25.4. The summed E-state index contributed by atoms with van der Waals surface area (Å²) in [5, 5.41) is 5.79. The molecule has 1 atom stereocenters. The first-order valence-corrected chi connectivity index (χ1v) is 14.3. The summed E-state index contributed by atoms with van der Waals surface area (Å²) in [5.74, 6) is -0.634. The van der Waals surface area contributed by atoms with E-state index in [0.717, 1.165) is 31.4 Å². The number of sulfonamides is 1. The first-order valence-electron chi connectivity index (χ1n) is 12.7. The summed E-state index contributed by atoms with van der Waals surface area (Å²) < 4.78 is 32.6. The molecule has 0 aromatic heterocycles. The second kappa shape index (κ2) is 12.5. The standard InChI is InChI=1S/C27H35N3O5S/c31-26(29-25-13-5-4-12-24(25)27(32)28-20-23-11-6-18-35-23)22-14-16-30(17-15-22)36(33,34)19-7-10-21-8-2-1-3-9-21/h1-5,8-9,12-13,22-23H,6-7,10-11,14-20H2,(H,28,32)(H,29,31)/t23-/m0/s1. The smallest absolute Gasteiger partial charge is 0.253 e. The van der Waals surface area contributed by atoms with Gasteiger partial charge in [-0.05, 0) is 56.2 Å². The molecule has 0 aliphatic carbocycles. The van der Waals surface area contributed by atoms with Gasteiger partial charge in [0.2, 0.25) is 15.9 Å². The number of piperidine rings is 1. The Bertz CT molecular complexity index is 1130. The summed E-state index contributed by atoms with van der Waals surface area (Å²) in [4.78, 5) is 25.7. The normalized spacial score (nSPS) is 19.2. The van der Waals surface area contributed by atoms with Crippen molar-refractivity contribution < 1.29 is 22.7 Å². The Morgan fingerprint density at radius 2 is 1.69 bits per heavy atom. The third-order valence-electron chi connectivity index (χ3n) is 6.87. The van der Waals surface area contributed by atoms with Crippen molar-refractivity contribution >= 4 is 27.5 Å². The lowest BCUT2D eigenvalue weighted by molar-refractivity contribution is -0.120. The highest BCUT2D eigenvalue weighted by atomic mass is 32.2. The number of rotatable bonds is 10. The third kappa shape index (κ3) is 7.15. The zero-order valence-electron chi connectivity index (χ0n) is 20.5. The molecule has 0 unspecified atom stereocenters. The highest BCUT2D eigenvalue weighted by Crippen LogP contribution is 2.24. The molecule has 9 heteroatoms. The van der Waals surface area contributed by atoms with Crippen LogP contribution >= 0.6 is 0 Å². The predicted molar refractivity (Wildman–Crippen MR) is 139 cm³/mol. The fourth-order valence-electron chi connectivity index (χ4n) is 4.76. The minimum Gasteiger partial charge on any atom is -0.376 e.